The Morgan fingerprint density at radius 3 is 2.57 bits per heavy atom. The molecule has 0 aliphatic carbocycles. The van der Waals surface area contributed by atoms with Gasteiger partial charge in [0.25, 0.3) is 0 Å². The third kappa shape index (κ3) is 3.09. The first-order valence-corrected chi connectivity index (χ1v) is 9.02. The van der Waals surface area contributed by atoms with Gasteiger partial charge in [-0.3, -0.25) is 0 Å². The number of hydrogen-bond donors (Lipinski definition) is 1. The van der Waals surface area contributed by atoms with Gasteiger partial charge >= 0.3 is 0 Å². The molecule has 5 heteroatoms. The first kappa shape index (κ1) is 16.3. The highest BCUT2D eigenvalue weighted by Gasteiger charge is 2.39. The second-order valence-electron chi connectivity index (χ2n) is 6.76. The second kappa shape index (κ2) is 5.61. The molecule has 0 radical (unpaired) electrons. The zero-order valence-corrected chi connectivity index (χ0v) is 13.9. The van der Waals surface area contributed by atoms with Crippen LogP contribution in [0.3, 0.4) is 0 Å². The summed E-state index contributed by atoms with van der Waals surface area (Å²) in [7, 11) is -3.14. The van der Waals surface area contributed by atoms with Gasteiger partial charge in [-0.15, -0.1) is 0 Å². The third-order valence-corrected chi connectivity index (χ3v) is 7.08. The highest BCUT2D eigenvalue weighted by molar-refractivity contribution is 7.92. The second-order valence-corrected chi connectivity index (χ2v) is 9.62. The molecule has 1 atom stereocenters. The van der Waals surface area contributed by atoms with Crippen LogP contribution >= 0.6 is 0 Å². The summed E-state index contributed by atoms with van der Waals surface area (Å²) in [6.07, 6.45) is 1.31. The minimum Gasteiger partial charge on any atom is -0.493 e. The van der Waals surface area contributed by atoms with Crippen molar-refractivity contribution in [3.63, 3.8) is 0 Å². The number of sulfone groups is 1. The van der Waals surface area contributed by atoms with Crippen LogP contribution in [0.15, 0.2) is 24.3 Å². The summed E-state index contributed by atoms with van der Waals surface area (Å²) < 4.78 is 29.7. The molecule has 118 valence electrons. The Morgan fingerprint density at radius 1 is 1.29 bits per heavy atom. The summed E-state index contributed by atoms with van der Waals surface area (Å²) in [4.78, 5) is 0. The number of para-hydroxylation sites is 1. The van der Waals surface area contributed by atoms with E-state index in [0.29, 0.717) is 19.6 Å². The van der Waals surface area contributed by atoms with Crippen LogP contribution in [0.2, 0.25) is 0 Å². The molecule has 0 saturated heterocycles. The average molecular weight is 311 g/mol. The van der Waals surface area contributed by atoms with E-state index in [1.165, 1.54) is 0 Å². The van der Waals surface area contributed by atoms with E-state index in [-0.39, 0.29) is 11.2 Å². The highest BCUT2D eigenvalue weighted by atomic mass is 32.2. The maximum Gasteiger partial charge on any atom is 0.155 e. The summed E-state index contributed by atoms with van der Waals surface area (Å²) in [6.45, 7) is 6.26. The van der Waals surface area contributed by atoms with Crippen LogP contribution < -0.4 is 10.5 Å². The van der Waals surface area contributed by atoms with Crippen molar-refractivity contribution in [3.05, 3.63) is 29.8 Å². The number of ether oxygens (including phenoxy) is 1. The van der Waals surface area contributed by atoms with Crippen LogP contribution in [0.1, 0.15) is 39.2 Å². The molecule has 0 fully saturated rings. The van der Waals surface area contributed by atoms with Gasteiger partial charge in [0.2, 0.25) is 0 Å². The molecule has 1 aliphatic rings. The van der Waals surface area contributed by atoms with Crippen LogP contribution in [0.4, 0.5) is 0 Å². The largest absolute Gasteiger partial charge is 0.493 e. The molecule has 2 N–H and O–H groups in total. The Labute approximate surface area is 127 Å². The van der Waals surface area contributed by atoms with Crippen molar-refractivity contribution < 1.29 is 13.2 Å². The molecule has 0 bridgehead atoms. The third-order valence-electron chi connectivity index (χ3n) is 4.47. The van der Waals surface area contributed by atoms with Crippen LogP contribution in [0.25, 0.3) is 0 Å². The topological polar surface area (TPSA) is 69.4 Å². The lowest BCUT2D eigenvalue weighted by Crippen LogP contribution is -2.42. The SMILES string of the molecule is CC(C)(C)S(=O)(=O)CCC1(CN)CCOc2ccccc21. The summed E-state index contributed by atoms with van der Waals surface area (Å²) in [5.41, 5.74) is 6.79. The van der Waals surface area contributed by atoms with Crippen molar-refractivity contribution in [1.29, 1.82) is 0 Å². The fourth-order valence-corrected chi connectivity index (χ4v) is 4.00. The van der Waals surface area contributed by atoms with Gasteiger partial charge in [-0.05, 0) is 39.7 Å². The predicted molar refractivity (Wildman–Crippen MR) is 85.4 cm³/mol. The fraction of sp³-hybridized carbons (Fsp3) is 0.625. The molecule has 0 spiro atoms. The van der Waals surface area contributed by atoms with Crippen LogP contribution in [0.5, 0.6) is 5.75 Å². The molecule has 4 nitrogen and oxygen atoms in total. The van der Waals surface area contributed by atoms with Crippen molar-refractivity contribution in [2.45, 2.75) is 43.8 Å². The van der Waals surface area contributed by atoms with Crippen molar-refractivity contribution in [2.24, 2.45) is 5.73 Å². The van der Waals surface area contributed by atoms with E-state index in [1.54, 1.807) is 20.8 Å². The van der Waals surface area contributed by atoms with E-state index >= 15 is 0 Å². The predicted octanol–water partition coefficient (Wildman–Crippen LogP) is 2.27. The van der Waals surface area contributed by atoms with Gasteiger partial charge in [0.05, 0.1) is 17.1 Å². The van der Waals surface area contributed by atoms with Crippen LogP contribution in [-0.4, -0.2) is 32.1 Å². The van der Waals surface area contributed by atoms with Crippen molar-refractivity contribution in [1.82, 2.24) is 0 Å². The molecule has 1 aliphatic heterocycles. The smallest absolute Gasteiger partial charge is 0.155 e. The summed E-state index contributed by atoms with van der Waals surface area (Å²) >= 11 is 0. The molecule has 1 aromatic carbocycles. The average Bonchev–Trinajstić information content (AvgIpc) is 2.44. The monoisotopic (exact) mass is 311 g/mol. The van der Waals surface area contributed by atoms with Gasteiger partial charge in [-0.25, -0.2) is 8.42 Å². The minimum absolute atomic E-state index is 0.155. The number of rotatable bonds is 4. The van der Waals surface area contributed by atoms with Gasteiger partial charge < -0.3 is 10.5 Å². The van der Waals surface area contributed by atoms with E-state index in [9.17, 15) is 8.42 Å². The first-order chi connectivity index (χ1) is 9.72. The lowest BCUT2D eigenvalue weighted by atomic mass is 9.74. The van der Waals surface area contributed by atoms with Crippen molar-refractivity contribution in [2.75, 3.05) is 18.9 Å². The quantitative estimate of drug-likeness (QED) is 0.926. The van der Waals surface area contributed by atoms with Crippen LogP contribution in [-0.2, 0) is 15.3 Å². The van der Waals surface area contributed by atoms with Crippen LogP contribution in [0, 0.1) is 0 Å². The highest BCUT2D eigenvalue weighted by Crippen LogP contribution is 2.41. The Morgan fingerprint density at radius 2 is 1.95 bits per heavy atom. The Bertz CT molecular complexity index is 604. The summed E-state index contributed by atoms with van der Waals surface area (Å²) in [5.74, 6) is 0.990. The minimum atomic E-state index is -3.14. The zero-order chi connectivity index (χ0) is 15.7. The van der Waals surface area contributed by atoms with Gasteiger partial charge in [-0.1, -0.05) is 18.2 Å². The molecule has 0 saturated carbocycles. The fourth-order valence-electron chi connectivity index (χ4n) is 2.73. The molecule has 1 unspecified atom stereocenters. The summed E-state index contributed by atoms with van der Waals surface area (Å²) in [5, 5.41) is 0. The van der Waals surface area contributed by atoms with Gasteiger partial charge in [0.15, 0.2) is 9.84 Å². The molecule has 1 heterocycles. The number of nitrogens with two attached hydrogens (primary N) is 1. The number of benzene rings is 1. The molecule has 0 aromatic heterocycles. The van der Waals surface area contributed by atoms with E-state index in [0.717, 1.165) is 17.7 Å². The molecular formula is C16H25NO3S. The maximum atomic E-state index is 12.4. The standard InChI is InChI=1S/C16H25NO3S/c1-15(2,3)21(18,19)11-9-16(12-17)8-10-20-14-7-5-4-6-13(14)16/h4-7H,8-12,17H2,1-3H3. The molecule has 0 amide bonds. The number of fused-ring (bicyclic) bond motifs is 1. The Balaban J connectivity index is 2.29. The van der Waals surface area contributed by atoms with E-state index < -0.39 is 14.6 Å². The van der Waals surface area contributed by atoms with Crippen molar-refractivity contribution >= 4 is 9.84 Å². The van der Waals surface area contributed by atoms with Gasteiger partial charge in [0, 0.05) is 17.5 Å². The molecular weight excluding hydrogens is 286 g/mol. The van der Waals surface area contributed by atoms with E-state index in [1.807, 2.05) is 24.3 Å². The Hall–Kier alpha value is -1.07. The normalized spacial score (nSPS) is 22.5. The van der Waals surface area contributed by atoms with Crippen molar-refractivity contribution in [3.8, 4) is 5.75 Å². The summed E-state index contributed by atoms with van der Waals surface area (Å²) in [6, 6.07) is 7.82. The first-order valence-electron chi connectivity index (χ1n) is 7.37. The van der Waals surface area contributed by atoms with Gasteiger partial charge in [-0.2, -0.15) is 0 Å². The molecule has 2 rings (SSSR count). The lowest BCUT2D eigenvalue weighted by Gasteiger charge is -2.38. The Kier molecular flexibility index (Phi) is 4.36. The molecule has 21 heavy (non-hydrogen) atoms. The van der Waals surface area contributed by atoms with Gasteiger partial charge in [0.1, 0.15) is 5.75 Å². The zero-order valence-electron chi connectivity index (χ0n) is 13.1. The van der Waals surface area contributed by atoms with E-state index in [2.05, 4.69) is 0 Å². The maximum absolute atomic E-state index is 12.4. The lowest BCUT2D eigenvalue weighted by molar-refractivity contribution is 0.213. The molecule has 1 aromatic rings. The number of hydrogen-bond acceptors (Lipinski definition) is 4. The van der Waals surface area contributed by atoms with E-state index in [4.69, 9.17) is 10.5 Å².